The van der Waals surface area contributed by atoms with Gasteiger partial charge in [0.1, 0.15) is 5.60 Å². The second-order valence-electron chi connectivity index (χ2n) is 7.66. The predicted molar refractivity (Wildman–Crippen MR) is 86.9 cm³/mol. The number of carbonyl (C=O) groups is 1. The molecule has 2 fully saturated rings. The first-order chi connectivity index (χ1) is 10.4. The van der Waals surface area contributed by atoms with E-state index in [2.05, 4.69) is 5.32 Å². The standard InChI is InChI=1S/C17H32N2O3/c1-17(2,3)22-16(20)19-9-4-5-14(12-19)6-8-18-11-15-7-10-21-13-15/h14-15,18H,4-13H2,1-3H3. The van der Waals surface area contributed by atoms with Crippen LogP contribution in [0.1, 0.15) is 46.5 Å². The van der Waals surface area contributed by atoms with E-state index in [4.69, 9.17) is 9.47 Å². The van der Waals surface area contributed by atoms with E-state index >= 15 is 0 Å². The smallest absolute Gasteiger partial charge is 0.410 e. The van der Waals surface area contributed by atoms with Crippen LogP contribution in [0.25, 0.3) is 0 Å². The van der Waals surface area contributed by atoms with Crippen LogP contribution in [0.15, 0.2) is 0 Å². The van der Waals surface area contributed by atoms with Gasteiger partial charge in [-0.1, -0.05) is 0 Å². The van der Waals surface area contributed by atoms with Gasteiger partial charge in [0, 0.05) is 26.2 Å². The molecule has 2 heterocycles. The average Bonchev–Trinajstić information content (AvgIpc) is 2.95. The summed E-state index contributed by atoms with van der Waals surface area (Å²) in [4.78, 5) is 14.0. The van der Waals surface area contributed by atoms with Crippen LogP contribution in [0.3, 0.4) is 0 Å². The van der Waals surface area contributed by atoms with Gasteiger partial charge >= 0.3 is 6.09 Å². The quantitative estimate of drug-likeness (QED) is 0.793. The number of carbonyl (C=O) groups excluding carboxylic acids is 1. The zero-order chi connectivity index (χ0) is 16.0. The van der Waals surface area contributed by atoms with Gasteiger partial charge in [0.25, 0.3) is 0 Å². The summed E-state index contributed by atoms with van der Waals surface area (Å²) in [5, 5.41) is 3.54. The van der Waals surface area contributed by atoms with Crippen molar-refractivity contribution < 1.29 is 14.3 Å². The first kappa shape index (κ1) is 17.5. The molecule has 5 heteroatoms. The van der Waals surface area contributed by atoms with Crippen molar-refractivity contribution in [3.05, 3.63) is 0 Å². The van der Waals surface area contributed by atoms with Crippen molar-refractivity contribution in [2.75, 3.05) is 39.4 Å². The summed E-state index contributed by atoms with van der Waals surface area (Å²) in [6.07, 6.45) is 4.46. The van der Waals surface area contributed by atoms with Crippen molar-refractivity contribution in [3.63, 3.8) is 0 Å². The molecule has 128 valence electrons. The van der Waals surface area contributed by atoms with Gasteiger partial charge in [-0.3, -0.25) is 0 Å². The molecular formula is C17H32N2O3. The highest BCUT2D eigenvalue weighted by atomic mass is 16.6. The third kappa shape index (κ3) is 6.13. The summed E-state index contributed by atoms with van der Waals surface area (Å²) >= 11 is 0. The maximum atomic E-state index is 12.1. The molecule has 2 rings (SSSR count). The van der Waals surface area contributed by atoms with Crippen molar-refractivity contribution in [1.82, 2.24) is 10.2 Å². The second-order valence-corrected chi connectivity index (χ2v) is 7.66. The van der Waals surface area contributed by atoms with Crippen LogP contribution in [0.4, 0.5) is 4.79 Å². The largest absolute Gasteiger partial charge is 0.444 e. The molecule has 2 saturated heterocycles. The number of piperidine rings is 1. The van der Waals surface area contributed by atoms with Gasteiger partial charge in [-0.2, -0.15) is 0 Å². The number of nitrogens with one attached hydrogen (secondary N) is 1. The molecule has 1 N–H and O–H groups in total. The van der Waals surface area contributed by atoms with Crippen molar-refractivity contribution in [2.45, 2.75) is 52.1 Å². The van der Waals surface area contributed by atoms with Crippen molar-refractivity contribution in [3.8, 4) is 0 Å². The van der Waals surface area contributed by atoms with Gasteiger partial charge in [0.05, 0.1) is 6.61 Å². The van der Waals surface area contributed by atoms with Crippen LogP contribution < -0.4 is 5.32 Å². The van der Waals surface area contributed by atoms with Gasteiger partial charge in [-0.15, -0.1) is 0 Å². The van der Waals surface area contributed by atoms with E-state index < -0.39 is 5.60 Å². The number of hydrogen-bond acceptors (Lipinski definition) is 4. The molecule has 5 nitrogen and oxygen atoms in total. The first-order valence-electron chi connectivity index (χ1n) is 8.70. The van der Waals surface area contributed by atoms with Gasteiger partial charge in [-0.25, -0.2) is 4.79 Å². The van der Waals surface area contributed by atoms with Gasteiger partial charge in [-0.05, 0) is 64.8 Å². The zero-order valence-corrected chi connectivity index (χ0v) is 14.4. The molecule has 0 spiro atoms. The Morgan fingerprint density at radius 2 is 2.14 bits per heavy atom. The summed E-state index contributed by atoms with van der Waals surface area (Å²) in [6.45, 7) is 11.3. The number of amides is 1. The molecule has 2 aliphatic heterocycles. The molecule has 0 radical (unpaired) electrons. The minimum Gasteiger partial charge on any atom is -0.444 e. The minimum absolute atomic E-state index is 0.159. The summed E-state index contributed by atoms with van der Waals surface area (Å²) in [5.41, 5.74) is -0.408. The van der Waals surface area contributed by atoms with E-state index in [1.165, 1.54) is 12.8 Å². The van der Waals surface area contributed by atoms with Crippen LogP contribution >= 0.6 is 0 Å². The molecule has 0 aliphatic carbocycles. The van der Waals surface area contributed by atoms with Gasteiger partial charge < -0.3 is 19.7 Å². The van der Waals surface area contributed by atoms with E-state index in [0.29, 0.717) is 11.8 Å². The summed E-state index contributed by atoms with van der Waals surface area (Å²) in [6, 6.07) is 0. The van der Waals surface area contributed by atoms with Crippen molar-refractivity contribution >= 4 is 6.09 Å². The average molecular weight is 312 g/mol. The Labute approximate surface area is 134 Å². The lowest BCUT2D eigenvalue weighted by Gasteiger charge is -2.34. The molecule has 0 bridgehead atoms. The Bertz CT molecular complexity index is 348. The minimum atomic E-state index is -0.408. The van der Waals surface area contributed by atoms with Crippen molar-refractivity contribution in [1.29, 1.82) is 0 Å². The fourth-order valence-corrected chi connectivity index (χ4v) is 3.15. The highest BCUT2D eigenvalue weighted by molar-refractivity contribution is 5.68. The fourth-order valence-electron chi connectivity index (χ4n) is 3.15. The summed E-state index contributed by atoms with van der Waals surface area (Å²) < 4.78 is 10.9. The number of nitrogens with zero attached hydrogens (tertiary/aromatic N) is 1. The lowest BCUT2D eigenvalue weighted by atomic mass is 9.95. The van der Waals surface area contributed by atoms with E-state index in [0.717, 1.165) is 52.2 Å². The van der Waals surface area contributed by atoms with E-state index in [9.17, 15) is 4.79 Å². The number of ether oxygens (including phenoxy) is 2. The molecule has 2 atom stereocenters. The van der Waals surface area contributed by atoms with E-state index in [1.54, 1.807) is 0 Å². The Morgan fingerprint density at radius 3 is 2.82 bits per heavy atom. The lowest BCUT2D eigenvalue weighted by Crippen LogP contribution is -2.43. The molecular weight excluding hydrogens is 280 g/mol. The number of likely N-dealkylation sites (tertiary alicyclic amines) is 1. The molecule has 0 saturated carbocycles. The first-order valence-corrected chi connectivity index (χ1v) is 8.70. The summed E-state index contributed by atoms with van der Waals surface area (Å²) in [5.74, 6) is 1.28. The Balaban J connectivity index is 1.63. The van der Waals surface area contributed by atoms with Crippen molar-refractivity contribution in [2.24, 2.45) is 11.8 Å². The molecule has 2 aliphatic rings. The van der Waals surface area contributed by atoms with Crippen LogP contribution in [0, 0.1) is 11.8 Å². The van der Waals surface area contributed by atoms with E-state index in [-0.39, 0.29) is 6.09 Å². The Kier molecular flexibility index (Phi) is 6.50. The highest BCUT2D eigenvalue weighted by Crippen LogP contribution is 2.21. The Hall–Kier alpha value is -0.810. The third-order valence-electron chi connectivity index (χ3n) is 4.36. The lowest BCUT2D eigenvalue weighted by molar-refractivity contribution is 0.0162. The maximum Gasteiger partial charge on any atom is 0.410 e. The van der Waals surface area contributed by atoms with Gasteiger partial charge in [0.2, 0.25) is 0 Å². The molecule has 0 aromatic heterocycles. The maximum absolute atomic E-state index is 12.1. The van der Waals surface area contributed by atoms with Crippen LogP contribution in [0.5, 0.6) is 0 Å². The summed E-state index contributed by atoms with van der Waals surface area (Å²) in [7, 11) is 0. The second kappa shape index (κ2) is 8.16. The number of rotatable bonds is 5. The fraction of sp³-hybridized carbons (Fsp3) is 0.941. The molecule has 2 unspecified atom stereocenters. The van der Waals surface area contributed by atoms with E-state index in [1.807, 2.05) is 25.7 Å². The molecule has 1 amide bonds. The van der Waals surface area contributed by atoms with Gasteiger partial charge in [0.15, 0.2) is 0 Å². The highest BCUT2D eigenvalue weighted by Gasteiger charge is 2.27. The van der Waals surface area contributed by atoms with Crippen LogP contribution in [-0.2, 0) is 9.47 Å². The normalized spacial score (nSPS) is 26.2. The zero-order valence-electron chi connectivity index (χ0n) is 14.4. The van der Waals surface area contributed by atoms with Crippen LogP contribution in [0.2, 0.25) is 0 Å². The Morgan fingerprint density at radius 1 is 1.32 bits per heavy atom. The molecule has 0 aromatic carbocycles. The SMILES string of the molecule is CC(C)(C)OC(=O)N1CCCC(CCNCC2CCOC2)C1. The molecule has 22 heavy (non-hydrogen) atoms. The monoisotopic (exact) mass is 312 g/mol. The molecule has 0 aromatic rings. The number of hydrogen-bond donors (Lipinski definition) is 1. The topological polar surface area (TPSA) is 50.8 Å². The third-order valence-corrected chi connectivity index (χ3v) is 4.36. The predicted octanol–water partition coefficient (Wildman–Crippen LogP) is 2.65. The van der Waals surface area contributed by atoms with Crippen LogP contribution in [-0.4, -0.2) is 56.0 Å².